The van der Waals surface area contributed by atoms with Gasteiger partial charge in [0.05, 0.1) is 32.1 Å². The maximum absolute atomic E-state index is 13.6. The minimum absolute atomic E-state index is 0.0878. The van der Waals surface area contributed by atoms with Crippen LogP contribution in [0.25, 0.3) is 10.8 Å². The number of benzene rings is 3. The second-order valence-electron chi connectivity index (χ2n) is 9.22. The molecule has 1 saturated heterocycles. The first kappa shape index (κ1) is 28.1. The van der Waals surface area contributed by atoms with E-state index in [0.717, 1.165) is 16.3 Å². The molecule has 2 amide bonds. The second-order valence-corrected chi connectivity index (χ2v) is 9.22. The summed E-state index contributed by atoms with van der Waals surface area (Å²) in [5.41, 5.74) is 1.31. The molecule has 39 heavy (non-hydrogen) atoms. The van der Waals surface area contributed by atoms with Gasteiger partial charge < -0.3 is 44.9 Å². The number of aliphatic hydroxyl groups excluding tert-OH is 3. The van der Waals surface area contributed by atoms with Gasteiger partial charge in [-0.3, -0.25) is 9.59 Å². The van der Waals surface area contributed by atoms with Crippen molar-refractivity contribution in [1.29, 1.82) is 0 Å². The molecule has 1 aliphatic rings. The fraction of sp³-hybridized carbons (Fsp3) is 0.357. The lowest BCUT2D eigenvalue weighted by atomic mass is 9.96. The molecule has 3 aromatic rings. The van der Waals surface area contributed by atoms with Gasteiger partial charge in [-0.1, -0.05) is 24.3 Å². The van der Waals surface area contributed by atoms with E-state index < -0.39 is 49.1 Å². The van der Waals surface area contributed by atoms with Crippen LogP contribution in [0.5, 0.6) is 17.2 Å². The third-order valence-electron chi connectivity index (χ3n) is 6.55. The van der Waals surface area contributed by atoms with E-state index in [9.17, 15) is 24.9 Å². The molecule has 0 radical (unpaired) electrons. The Morgan fingerprint density at radius 1 is 0.949 bits per heavy atom. The fourth-order valence-electron chi connectivity index (χ4n) is 4.53. The van der Waals surface area contributed by atoms with Gasteiger partial charge in [0.15, 0.2) is 0 Å². The van der Waals surface area contributed by atoms with Gasteiger partial charge in [-0.2, -0.15) is 0 Å². The highest BCUT2D eigenvalue weighted by Crippen LogP contribution is 2.35. The molecule has 5 N–H and O–H groups in total. The summed E-state index contributed by atoms with van der Waals surface area (Å²) in [6, 6.07) is 12.8. The minimum Gasteiger partial charge on any atom is -0.496 e. The van der Waals surface area contributed by atoms with Crippen molar-refractivity contribution < 1.29 is 43.9 Å². The van der Waals surface area contributed by atoms with Crippen LogP contribution >= 0.6 is 0 Å². The average molecular weight is 541 g/mol. The molecule has 208 valence electrons. The number of carbonyl (C=O) groups excluding carboxylic acids is 2. The Kier molecular flexibility index (Phi) is 8.56. The van der Waals surface area contributed by atoms with Crippen LogP contribution in [-0.4, -0.2) is 78.6 Å². The Balaban J connectivity index is 1.75. The van der Waals surface area contributed by atoms with E-state index in [1.54, 1.807) is 24.3 Å². The molecule has 11 nitrogen and oxygen atoms in total. The minimum atomic E-state index is -1.51. The van der Waals surface area contributed by atoms with Gasteiger partial charge in [0, 0.05) is 13.0 Å². The van der Waals surface area contributed by atoms with Crippen LogP contribution in [0.3, 0.4) is 0 Å². The van der Waals surface area contributed by atoms with Gasteiger partial charge in [-0.25, -0.2) is 0 Å². The van der Waals surface area contributed by atoms with E-state index in [1.165, 1.54) is 21.1 Å². The number of rotatable bonds is 8. The van der Waals surface area contributed by atoms with Gasteiger partial charge in [0.1, 0.15) is 41.6 Å². The highest BCUT2D eigenvalue weighted by molar-refractivity contribution is 6.09. The average Bonchev–Trinajstić information content (AvgIpc) is 2.92. The molecule has 1 aliphatic heterocycles. The van der Waals surface area contributed by atoms with Gasteiger partial charge in [-0.05, 0) is 41.5 Å². The molecule has 0 saturated carbocycles. The summed E-state index contributed by atoms with van der Waals surface area (Å²) in [4.78, 5) is 25.5. The number of hydrogen-bond donors (Lipinski definition) is 5. The van der Waals surface area contributed by atoms with Crippen molar-refractivity contribution in [2.45, 2.75) is 44.5 Å². The first-order valence-electron chi connectivity index (χ1n) is 12.3. The molecular weight excluding hydrogens is 508 g/mol. The number of hydrogen-bond acceptors (Lipinski definition) is 9. The zero-order chi connectivity index (χ0) is 28.3. The smallest absolute Gasteiger partial charge is 0.259 e. The molecule has 5 atom stereocenters. The number of nitrogens with one attached hydrogen (secondary N) is 2. The topological polar surface area (TPSA) is 156 Å². The summed E-state index contributed by atoms with van der Waals surface area (Å²) < 4.78 is 22.7. The monoisotopic (exact) mass is 540 g/mol. The molecule has 0 unspecified atom stereocenters. The fourth-order valence-corrected chi connectivity index (χ4v) is 4.53. The number of ether oxygens (including phenoxy) is 4. The molecule has 0 bridgehead atoms. The molecule has 11 heteroatoms. The van der Waals surface area contributed by atoms with Crippen LogP contribution in [0.1, 0.15) is 22.8 Å². The molecule has 3 aromatic carbocycles. The van der Waals surface area contributed by atoms with Gasteiger partial charge >= 0.3 is 0 Å². The van der Waals surface area contributed by atoms with Gasteiger partial charge in [0.25, 0.3) is 5.91 Å². The van der Waals surface area contributed by atoms with Crippen LogP contribution in [-0.2, 0) is 9.53 Å². The van der Waals surface area contributed by atoms with Crippen LogP contribution in [0.2, 0.25) is 0 Å². The van der Waals surface area contributed by atoms with E-state index in [-0.39, 0.29) is 11.3 Å². The zero-order valence-electron chi connectivity index (χ0n) is 22.0. The lowest BCUT2D eigenvalue weighted by Gasteiger charge is -2.42. The summed E-state index contributed by atoms with van der Waals surface area (Å²) in [5.74, 6) is 0.0328. The van der Waals surface area contributed by atoms with Crippen molar-refractivity contribution in [1.82, 2.24) is 5.32 Å². The molecular formula is C28H32N2O9. The van der Waals surface area contributed by atoms with Crippen molar-refractivity contribution in [2.24, 2.45) is 0 Å². The van der Waals surface area contributed by atoms with E-state index in [4.69, 9.17) is 18.9 Å². The summed E-state index contributed by atoms with van der Waals surface area (Å²) >= 11 is 0. The van der Waals surface area contributed by atoms with Crippen molar-refractivity contribution in [3.8, 4) is 17.2 Å². The van der Waals surface area contributed by atoms with E-state index in [2.05, 4.69) is 10.6 Å². The predicted molar refractivity (Wildman–Crippen MR) is 142 cm³/mol. The largest absolute Gasteiger partial charge is 0.496 e. The van der Waals surface area contributed by atoms with E-state index in [0.29, 0.717) is 17.2 Å². The number of aryl methyl sites for hydroxylation is 1. The SMILES string of the molecule is COc1cc(NC(=O)c2cc3ccccc3cc2O[C@@H]2O[C@H](CO)[C@@H](O)[C@H](O)[C@H]2NC(C)=O)c(OC)cc1C. The summed E-state index contributed by atoms with van der Waals surface area (Å²) in [6.45, 7) is 2.49. The third kappa shape index (κ3) is 5.91. The van der Waals surface area contributed by atoms with Crippen LogP contribution in [0.15, 0.2) is 48.5 Å². The third-order valence-corrected chi connectivity index (χ3v) is 6.55. The summed E-state index contributed by atoms with van der Waals surface area (Å²) in [5, 5.41) is 37.5. The number of carbonyl (C=O) groups is 2. The lowest BCUT2D eigenvalue weighted by molar-refractivity contribution is -0.244. The van der Waals surface area contributed by atoms with Gasteiger partial charge in [0.2, 0.25) is 12.2 Å². The molecule has 1 fully saturated rings. The lowest BCUT2D eigenvalue weighted by Crippen LogP contribution is -2.65. The predicted octanol–water partition coefficient (Wildman–Crippen LogP) is 1.74. The Morgan fingerprint density at radius 2 is 1.62 bits per heavy atom. The van der Waals surface area contributed by atoms with Gasteiger partial charge in [-0.15, -0.1) is 0 Å². The van der Waals surface area contributed by atoms with E-state index in [1.807, 2.05) is 31.2 Å². The molecule has 0 aromatic heterocycles. The zero-order valence-corrected chi connectivity index (χ0v) is 22.0. The molecule has 4 rings (SSSR count). The van der Waals surface area contributed by atoms with Crippen molar-refractivity contribution in [2.75, 3.05) is 26.1 Å². The standard InChI is InChI=1S/C28H32N2O9/c1-14-9-22(37-4)19(12-20(14)36-3)30-27(35)18-10-16-7-5-6-8-17(16)11-21(18)38-28-24(29-15(2)32)26(34)25(33)23(13-31)39-28/h5-12,23-26,28,31,33-34H,13H2,1-4H3,(H,29,32)(H,30,35)/t23-,24-,25-,26-,28-/m1/s1. The first-order valence-corrected chi connectivity index (χ1v) is 12.3. The molecule has 0 aliphatic carbocycles. The molecule has 1 heterocycles. The Morgan fingerprint density at radius 3 is 2.23 bits per heavy atom. The second kappa shape index (κ2) is 11.9. The number of amides is 2. The normalized spacial score (nSPS) is 22.7. The summed E-state index contributed by atoms with van der Waals surface area (Å²) in [7, 11) is 3.01. The number of anilines is 1. The van der Waals surface area contributed by atoms with Crippen molar-refractivity contribution in [3.63, 3.8) is 0 Å². The van der Waals surface area contributed by atoms with Crippen LogP contribution < -0.4 is 24.8 Å². The van der Waals surface area contributed by atoms with Crippen molar-refractivity contribution >= 4 is 28.3 Å². The highest BCUT2D eigenvalue weighted by Gasteiger charge is 2.46. The Hall–Kier alpha value is -3.90. The van der Waals surface area contributed by atoms with Crippen molar-refractivity contribution in [3.05, 3.63) is 59.7 Å². The Bertz CT molecular complexity index is 1360. The maximum Gasteiger partial charge on any atom is 0.259 e. The number of fused-ring (bicyclic) bond motifs is 1. The van der Waals surface area contributed by atoms with Crippen LogP contribution in [0, 0.1) is 6.92 Å². The quantitative estimate of drug-likeness (QED) is 0.287. The highest BCUT2D eigenvalue weighted by atomic mass is 16.7. The summed E-state index contributed by atoms with van der Waals surface area (Å²) in [6.07, 6.45) is -5.51. The van der Waals surface area contributed by atoms with E-state index >= 15 is 0 Å². The first-order chi connectivity index (χ1) is 18.7. The maximum atomic E-state index is 13.6. The number of aliphatic hydroxyl groups is 3. The molecule has 0 spiro atoms. The Labute approximate surface area is 225 Å². The number of methoxy groups -OCH3 is 2. The van der Waals surface area contributed by atoms with Crippen LogP contribution in [0.4, 0.5) is 5.69 Å².